The fourth-order valence-corrected chi connectivity index (χ4v) is 1.71. The van der Waals surface area contributed by atoms with Gasteiger partial charge in [0.1, 0.15) is 18.5 Å². The second-order valence-electron chi connectivity index (χ2n) is 5.36. The number of aryl methyl sites for hydroxylation is 1. The average molecular weight is 302 g/mol. The van der Waals surface area contributed by atoms with Crippen molar-refractivity contribution in [3.63, 3.8) is 0 Å². The molecule has 0 aliphatic heterocycles. The summed E-state index contributed by atoms with van der Waals surface area (Å²) in [5.41, 5.74) is 0.198. The Morgan fingerprint density at radius 2 is 2.15 bits per heavy atom. The van der Waals surface area contributed by atoms with Gasteiger partial charge in [-0.15, -0.1) is 0 Å². The average Bonchev–Trinajstić information content (AvgIpc) is 2.40. The Hall–Kier alpha value is -0.810. The van der Waals surface area contributed by atoms with Crippen molar-refractivity contribution in [3.8, 4) is 5.75 Å². The molecule has 1 aromatic rings. The minimum absolute atomic E-state index is 0.197. The smallest absolute Gasteiger partial charge is 0.119 e. The van der Waals surface area contributed by atoms with Crippen molar-refractivity contribution in [3.05, 3.63) is 28.8 Å². The second kappa shape index (κ2) is 7.84. The van der Waals surface area contributed by atoms with Crippen LogP contribution in [0, 0.1) is 6.92 Å². The molecule has 0 saturated carbocycles. The van der Waals surface area contributed by atoms with Gasteiger partial charge in [0, 0.05) is 18.1 Å². The van der Waals surface area contributed by atoms with Gasteiger partial charge in [0.15, 0.2) is 0 Å². The highest BCUT2D eigenvalue weighted by Crippen LogP contribution is 2.21. The van der Waals surface area contributed by atoms with Crippen LogP contribution in [0.25, 0.3) is 0 Å². The summed E-state index contributed by atoms with van der Waals surface area (Å²) in [6.07, 6.45) is 0.0371. The largest absolute Gasteiger partial charge is 0.491 e. The maximum absolute atomic E-state index is 9.81. The lowest BCUT2D eigenvalue weighted by Gasteiger charge is -2.22. The summed E-state index contributed by atoms with van der Waals surface area (Å²) in [6.45, 7) is 6.61. The second-order valence-corrected chi connectivity index (χ2v) is 5.76. The van der Waals surface area contributed by atoms with E-state index in [9.17, 15) is 10.2 Å². The van der Waals surface area contributed by atoms with Crippen molar-refractivity contribution >= 4 is 11.6 Å². The quantitative estimate of drug-likeness (QED) is 0.688. The number of benzene rings is 1. The first-order chi connectivity index (χ1) is 9.34. The highest BCUT2D eigenvalue weighted by molar-refractivity contribution is 6.31. The molecule has 1 rings (SSSR count). The van der Waals surface area contributed by atoms with Crippen LogP contribution in [0.15, 0.2) is 18.2 Å². The van der Waals surface area contributed by atoms with Crippen molar-refractivity contribution < 1.29 is 14.9 Å². The van der Waals surface area contributed by atoms with E-state index in [2.05, 4.69) is 5.32 Å². The minimum Gasteiger partial charge on any atom is -0.491 e. The molecule has 4 nitrogen and oxygen atoms in total. The summed E-state index contributed by atoms with van der Waals surface area (Å²) in [5, 5.41) is 23.3. The number of aliphatic hydroxyl groups is 2. The summed E-state index contributed by atoms with van der Waals surface area (Å²) in [4.78, 5) is 0. The van der Waals surface area contributed by atoms with E-state index in [0.29, 0.717) is 30.3 Å². The van der Waals surface area contributed by atoms with Crippen LogP contribution < -0.4 is 10.1 Å². The summed E-state index contributed by atoms with van der Waals surface area (Å²) in [5.74, 6) is 0.687. The number of aliphatic hydroxyl groups excluding tert-OH is 1. The van der Waals surface area contributed by atoms with Crippen molar-refractivity contribution in [1.82, 2.24) is 5.32 Å². The van der Waals surface area contributed by atoms with Gasteiger partial charge < -0.3 is 20.3 Å². The predicted molar refractivity (Wildman–Crippen MR) is 81.5 cm³/mol. The van der Waals surface area contributed by atoms with Crippen molar-refractivity contribution in [2.24, 2.45) is 0 Å². The Morgan fingerprint density at radius 1 is 1.45 bits per heavy atom. The highest BCUT2D eigenvalue weighted by atomic mass is 35.5. The molecule has 0 bridgehead atoms. The lowest BCUT2D eigenvalue weighted by atomic mass is 10.0. The molecule has 1 aromatic carbocycles. The van der Waals surface area contributed by atoms with Gasteiger partial charge in [-0.05, 0) is 44.0 Å². The summed E-state index contributed by atoms with van der Waals surface area (Å²) < 4.78 is 5.50. The Balaban J connectivity index is 2.29. The van der Waals surface area contributed by atoms with E-state index in [4.69, 9.17) is 16.3 Å². The van der Waals surface area contributed by atoms with Gasteiger partial charge in [0.25, 0.3) is 0 Å². The van der Waals surface area contributed by atoms with Crippen LogP contribution in [0.3, 0.4) is 0 Å². The molecule has 0 aliphatic carbocycles. The van der Waals surface area contributed by atoms with Gasteiger partial charge in [0.05, 0.1) is 5.60 Å². The fourth-order valence-electron chi connectivity index (χ4n) is 1.59. The molecule has 20 heavy (non-hydrogen) atoms. The van der Waals surface area contributed by atoms with E-state index in [1.165, 1.54) is 0 Å². The molecule has 3 N–H and O–H groups in total. The van der Waals surface area contributed by atoms with E-state index in [0.717, 1.165) is 5.56 Å². The Labute approximate surface area is 125 Å². The Kier molecular flexibility index (Phi) is 6.76. The van der Waals surface area contributed by atoms with E-state index in [1.54, 1.807) is 19.1 Å². The summed E-state index contributed by atoms with van der Waals surface area (Å²) in [7, 11) is 0. The normalized spacial score (nSPS) is 15.7. The molecular formula is C15H24ClNO3. The van der Waals surface area contributed by atoms with E-state index >= 15 is 0 Å². The van der Waals surface area contributed by atoms with Crippen LogP contribution >= 0.6 is 11.6 Å². The van der Waals surface area contributed by atoms with E-state index in [-0.39, 0.29) is 6.61 Å². The number of hydrogen-bond donors (Lipinski definition) is 3. The van der Waals surface area contributed by atoms with Crippen LogP contribution in [0.1, 0.15) is 25.8 Å². The Bertz CT molecular complexity index is 424. The predicted octanol–water partition coefficient (Wildman–Crippen LogP) is 2.14. The van der Waals surface area contributed by atoms with Gasteiger partial charge >= 0.3 is 0 Å². The van der Waals surface area contributed by atoms with Crippen molar-refractivity contribution in [2.75, 3.05) is 19.7 Å². The summed E-state index contributed by atoms with van der Waals surface area (Å²) in [6, 6.07) is 5.39. The molecule has 0 heterocycles. The molecule has 0 saturated heterocycles. The van der Waals surface area contributed by atoms with E-state index < -0.39 is 11.7 Å². The van der Waals surface area contributed by atoms with Crippen LogP contribution in [0.4, 0.5) is 0 Å². The number of hydrogen-bond acceptors (Lipinski definition) is 4. The molecule has 2 atom stereocenters. The first-order valence-electron chi connectivity index (χ1n) is 6.84. The first kappa shape index (κ1) is 17.2. The number of halogens is 1. The van der Waals surface area contributed by atoms with Crippen molar-refractivity contribution in [1.29, 1.82) is 0 Å². The SMILES string of the molecule is CCC(C)(O)CNCC(O)COc1ccc(Cl)c(C)c1. The third kappa shape index (κ3) is 6.09. The third-order valence-corrected chi connectivity index (χ3v) is 3.64. The number of rotatable bonds is 8. The molecule has 0 aromatic heterocycles. The first-order valence-corrected chi connectivity index (χ1v) is 7.22. The van der Waals surface area contributed by atoms with Gasteiger partial charge in [0.2, 0.25) is 0 Å². The van der Waals surface area contributed by atoms with Crippen LogP contribution in [0.5, 0.6) is 5.75 Å². The summed E-state index contributed by atoms with van der Waals surface area (Å²) >= 11 is 5.93. The fraction of sp³-hybridized carbons (Fsp3) is 0.600. The third-order valence-electron chi connectivity index (χ3n) is 3.22. The molecular weight excluding hydrogens is 278 g/mol. The lowest BCUT2D eigenvalue weighted by Crippen LogP contribution is -2.41. The van der Waals surface area contributed by atoms with Gasteiger partial charge in [-0.1, -0.05) is 18.5 Å². The van der Waals surface area contributed by atoms with Gasteiger partial charge in [-0.3, -0.25) is 0 Å². The van der Waals surface area contributed by atoms with Crippen LogP contribution in [0.2, 0.25) is 5.02 Å². The molecule has 2 unspecified atom stereocenters. The van der Waals surface area contributed by atoms with Crippen molar-refractivity contribution in [2.45, 2.75) is 38.9 Å². The topological polar surface area (TPSA) is 61.7 Å². The van der Waals surface area contributed by atoms with Gasteiger partial charge in [-0.25, -0.2) is 0 Å². The zero-order valence-electron chi connectivity index (χ0n) is 12.3. The monoisotopic (exact) mass is 301 g/mol. The van der Waals surface area contributed by atoms with Gasteiger partial charge in [-0.2, -0.15) is 0 Å². The molecule has 0 amide bonds. The molecule has 0 aliphatic rings. The van der Waals surface area contributed by atoms with E-state index in [1.807, 2.05) is 19.9 Å². The molecule has 0 radical (unpaired) electrons. The number of ether oxygens (including phenoxy) is 1. The van der Waals surface area contributed by atoms with Crippen LogP contribution in [-0.2, 0) is 0 Å². The highest BCUT2D eigenvalue weighted by Gasteiger charge is 2.17. The lowest BCUT2D eigenvalue weighted by molar-refractivity contribution is 0.0476. The maximum atomic E-state index is 9.81. The standard InChI is InChI=1S/C15H24ClNO3/c1-4-15(3,19)10-17-8-12(18)9-20-13-5-6-14(16)11(2)7-13/h5-7,12,17-19H,4,8-10H2,1-3H3. The molecule has 5 heteroatoms. The number of nitrogens with one attached hydrogen (secondary N) is 1. The minimum atomic E-state index is -0.742. The van der Waals surface area contributed by atoms with Crippen LogP contribution in [-0.4, -0.2) is 41.6 Å². The molecule has 114 valence electrons. The zero-order chi connectivity index (χ0) is 15.2. The molecule has 0 spiro atoms. The Morgan fingerprint density at radius 3 is 2.75 bits per heavy atom. The maximum Gasteiger partial charge on any atom is 0.119 e. The zero-order valence-corrected chi connectivity index (χ0v) is 13.1. The molecule has 0 fully saturated rings.